The van der Waals surface area contributed by atoms with Crippen molar-refractivity contribution in [2.45, 2.75) is 37.8 Å². The van der Waals surface area contributed by atoms with E-state index >= 15 is 0 Å². The van der Waals surface area contributed by atoms with Gasteiger partial charge in [-0.15, -0.1) is 0 Å². The number of esters is 1. The fraction of sp³-hybridized carbons (Fsp3) is 0.533. The quantitative estimate of drug-likeness (QED) is 0.790. The van der Waals surface area contributed by atoms with E-state index in [9.17, 15) is 4.79 Å². The van der Waals surface area contributed by atoms with Gasteiger partial charge in [0.2, 0.25) is 0 Å². The van der Waals surface area contributed by atoms with Gasteiger partial charge in [0.15, 0.2) is 0 Å². The summed E-state index contributed by atoms with van der Waals surface area (Å²) in [6, 6.07) is 9.71. The Morgan fingerprint density at radius 1 is 1.37 bits per heavy atom. The van der Waals surface area contributed by atoms with E-state index in [1.54, 1.807) is 0 Å². The molecule has 0 spiro atoms. The third kappa shape index (κ3) is 3.78. The normalized spacial score (nSPS) is 26.3. The molecule has 1 aromatic rings. The van der Waals surface area contributed by atoms with Crippen molar-refractivity contribution >= 4 is 5.97 Å². The number of hydrogen-bond acceptors (Lipinski definition) is 4. The molecule has 4 nitrogen and oxygen atoms in total. The Balaban J connectivity index is 1.82. The number of carbonyl (C=O) groups excluding carboxylic acids is 1. The van der Waals surface area contributed by atoms with E-state index in [2.05, 4.69) is 0 Å². The van der Waals surface area contributed by atoms with Gasteiger partial charge in [-0.2, -0.15) is 0 Å². The fourth-order valence-electron chi connectivity index (χ4n) is 2.72. The second-order valence-corrected chi connectivity index (χ2v) is 5.43. The monoisotopic (exact) mass is 262 g/mol. The van der Waals surface area contributed by atoms with Crippen LogP contribution in [0.25, 0.3) is 0 Å². The molecule has 19 heavy (non-hydrogen) atoms. The molecule has 0 aromatic heterocycles. The van der Waals surface area contributed by atoms with Crippen molar-refractivity contribution in [3.05, 3.63) is 35.9 Å². The van der Waals surface area contributed by atoms with Crippen molar-refractivity contribution in [2.75, 3.05) is 6.54 Å². The predicted octanol–water partition coefficient (Wildman–Crippen LogP) is 1.58. The molecule has 4 N–H and O–H groups in total. The Hall–Kier alpha value is -1.39. The molecular formula is C15H22N2O2. The Morgan fingerprint density at radius 2 is 2.11 bits per heavy atom. The van der Waals surface area contributed by atoms with Crippen LogP contribution in [0.15, 0.2) is 30.3 Å². The lowest BCUT2D eigenvalue weighted by atomic mass is 9.93. The maximum atomic E-state index is 12.0. The van der Waals surface area contributed by atoms with Crippen LogP contribution in [0.1, 0.15) is 31.2 Å². The van der Waals surface area contributed by atoms with E-state index in [1.165, 1.54) is 0 Å². The molecule has 1 aromatic carbocycles. The molecule has 2 atom stereocenters. The molecule has 1 aliphatic carbocycles. The maximum Gasteiger partial charge on any atom is 0.309 e. The zero-order chi connectivity index (χ0) is 13.7. The van der Waals surface area contributed by atoms with Crippen LogP contribution in [0.5, 0.6) is 0 Å². The minimum atomic E-state index is -0.273. The Labute approximate surface area is 114 Å². The average molecular weight is 262 g/mol. The van der Waals surface area contributed by atoms with E-state index in [1.807, 2.05) is 30.3 Å². The summed E-state index contributed by atoms with van der Waals surface area (Å²) < 4.78 is 5.36. The molecule has 1 fully saturated rings. The number of benzene rings is 1. The number of nitrogens with two attached hydrogens (primary N) is 2. The summed E-state index contributed by atoms with van der Waals surface area (Å²) in [5.74, 6) is -0.200. The lowest BCUT2D eigenvalue weighted by Crippen LogP contribution is -2.39. The molecule has 1 aliphatic rings. The second kappa shape index (κ2) is 6.17. The maximum absolute atomic E-state index is 12.0. The predicted molar refractivity (Wildman–Crippen MR) is 74.2 cm³/mol. The zero-order valence-corrected chi connectivity index (χ0v) is 11.2. The summed E-state index contributed by atoms with van der Waals surface area (Å²) >= 11 is 0. The highest BCUT2D eigenvalue weighted by Gasteiger charge is 2.39. The van der Waals surface area contributed by atoms with Crippen molar-refractivity contribution in [3.63, 3.8) is 0 Å². The summed E-state index contributed by atoms with van der Waals surface area (Å²) in [4.78, 5) is 12.0. The van der Waals surface area contributed by atoms with Crippen LogP contribution in [0.2, 0.25) is 0 Å². The standard InChI is InChI=1S/C15H22N2O2/c16-9-8-15(17)7-6-13(10-15)14(18)19-11-12-4-2-1-3-5-12/h1-5,13H,6-11,16-17H2. The van der Waals surface area contributed by atoms with Crippen molar-refractivity contribution in [3.8, 4) is 0 Å². The van der Waals surface area contributed by atoms with Crippen molar-refractivity contribution < 1.29 is 9.53 Å². The van der Waals surface area contributed by atoms with Crippen molar-refractivity contribution in [1.82, 2.24) is 0 Å². The van der Waals surface area contributed by atoms with Gasteiger partial charge in [-0.1, -0.05) is 30.3 Å². The highest BCUT2D eigenvalue weighted by Crippen LogP contribution is 2.35. The van der Waals surface area contributed by atoms with Crippen LogP contribution in [-0.4, -0.2) is 18.1 Å². The van der Waals surface area contributed by atoms with Crippen molar-refractivity contribution in [2.24, 2.45) is 17.4 Å². The van der Waals surface area contributed by atoms with Crippen LogP contribution in [0, 0.1) is 5.92 Å². The Morgan fingerprint density at radius 3 is 2.79 bits per heavy atom. The fourth-order valence-corrected chi connectivity index (χ4v) is 2.72. The van der Waals surface area contributed by atoms with Gasteiger partial charge in [-0.3, -0.25) is 4.79 Å². The minimum Gasteiger partial charge on any atom is -0.461 e. The molecule has 0 saturated heterocycles. The topological polar surface area (TPSA) is 78.3 Å². The van der Waals surface area contributed by atoms with E-state index in [-0.39, 0.29) is 17.4 Å². The van der Waals surface area contributed by atoms with Gasteiger partial charge in [-0.05, 0) is 37.8 Å². The molecule has 4 heteroatoms. The smallest absolute Gasteiger partial charge is 0.309 e. The van der Waals surface area contributed by atoms with E-state index in [0.717, 1.165) is 24.8 Å². The van der Waals surface area contributed by atoms with Crippen LogP contribution in [0.4, 0.5) is 0 Å². The van der Waals surface area contributed by atoms with Crippen LogP contribution >= 0.6 is 0 Å². The van der Waals surface area contributed by atoms with Crippen LogP contribution < -0.4 is 11.5 Å². The molecule has 0 aliphatic heterocycles. The van der Waals surface area contributed by atoms with Crippen LogP contribution in [0.3, 0.4) is 0 Å². The summed E-state index contributed by atoms with van der Waals surface area (Å²) in [7, 11) is 0. The summed E-state index contributed by atoms with van der Waals surface area (Å²) in [5, 5.41) is 0. The third-order valence-electron chi connectivity index (χ3n) is 3.84. The minimum absolute atomic E-state index is 0.0692. The molecule has 0 heterocycles. The third-order valence-corrected chi connectivity index (χ3v) is 3.84. The molecule has 1 saturated carbocycles. The number of hydrogen-bond donors (Lipinski definition) is 2. The first-order chi connectivity index (χ1) is 9.13. The van der Waals surface area contributed by atoms with E-state index in [4.69, 9.17) is 16.2 Å². The summed E-state index contributed by atoms with van der Waals surface area (Å²) in [6.07, 6.45) is 3.13. The van der Waals surface area contributed by atoms with Crippen molar-refractivity contribution in [1.29, 1.82) is 0 Å². The first-order valence-corrected chi connectivity index (χ1v) is 6.82. The lowest BCUT2D eigenvalue weighted by molar-refractivity contribution is -0.149. The van der Waals surface area contributed by atoms with Gasteiger partial charge >= 0.3 is 5.97 Å². The zero-order valence-electron chi connectivity index (χ0n) is 11.2. The molecule has 0 bridgehead atoms. The molecule has 2 unspecified atom stereocenters. The molecule has 0 amide bonds. The Bertz CT molecular complexity index is 421. The first-order valence-electron chi connectivity index (χ1n) is 6.82. The van der Waals surface area contributed by atoms with E-state index in [0.29, 0.717) is 19.6 Å². The molecule has 104 valence electrons. The van der Waals surface area contributed by atoms with E-state index < -0.39 is 0 Å². The van der Waals surface area contributed by atoms with Gasteiger partial charge in [0.1, 0.15) is 6.61 Å². The molecule has 0 radical (unpaired) electrons. The molecule has 2 rings (SSSR count). The molecular weight excluding hydrogens is 240 g/mol. The number of rotatable bonds is 5. The Kier molecular flexibility index (Phi) is 4.56. The number of ether oxygens (including phenoxy) is 1. The largest absolute Gasteiger partial charge is 0.461 e. The van der Waals surface area contributed by atoms with Gasteiger partial charge in [0.05, 0.1) is 5.92 Å². The summed E-state index contributed by atoms with van der Waals surface area (Å²) in [6.45, 7) is 0.910. The SMILES string of the molecule is NCCC1(N)CCC(C(=O)OCc2ccccc2)C1. The van der Waals surface area contributed by atoms with Gasteiger partial charge in [0, 0.05) is 5.54 Å². The van der Waals surface area contributed by atoms with Gasteiger partial charge in [0.25, 0.3) is 0 Å². The lowest BCUT2D eigenvalue weighted by Gasteiger charge is -2.22. The highest BCUT2D eigenvalue weighted by molar-refractivity contribution is 5.73. The van der Waals surface area contributed by atoms with Gasteiger partial charge < -0.3 is 16.2 Å². The number of carbonyl (C=O) groups is 1. The van der Waals surface area contributed by atoms with Crippen LogP contribution in [-0.2, 0) is 16.1 Å². The average Bonchev–Trinajstić information content (AvgIpc) is 2.80. The summed E-state index contributed by atoms with van der Waals surface area (Å²) in [5.41, 5.74) is 12.5. The highest BCUT2D eigenvalue weighted by atomic mass is 16.5. The first kappa shape index (κ1) is 14.0. The van der Waals surface area contributed by atoms with Gasteiger partial charge in [-0.25, -0.2) is 0 Å². The second-order valence-electron chi connectivity index (χ2n) is 5.43.